The zero-order valence-corrected chi connectivity index (χ0v) is 22.3. The standard InChI is InChI=1S/C31H52O/c1-9-22(20(2)3)11-10-21(4)24-13-14-25-23-12-15-27-29(5,6)28(32)17-19-31(27,8)26(23)16-18-30(24,25)7/h12,21-22,24-28,32H,2,9-11,13-19H2,1,3-8H3/t21-,22-,24-,25+,26+,27+,28+,30-,31-/m1/s1. The zero-order valence-electron chi connectivity index (χ0n) is 22.3. The third kappa shape index (κ3) is 3.68. The normalized spacial score (nSPS) is 44.6. The largest absolute Gasteiger partial charge is 0.393 e. The summed E-state index contributed by atoms with van der Waals surface area (Å²) in [6.07, 6.45) is 15.5. The molecule has 4 rings (SSSR count). The van der Waals surface area contributed by atoms with Crippen molar-refractivity contribution >= 4 is 0 Å². The molecule has 0 radical (unpaired) electrons. The van der Waals surface area contributed by atoms with E-state index in [0.717, 1.165) is 30.1 Å². The predicted molar refractivity (Wildman–Crippen MR) is 137 cm³/mol. The second kappa shape index (κ2) is 8.58. The minimum atomic E-state index is -0.132. The number of hydrogen-bond donors (Lipinski definition) is 1. The van der Waals surface area contributed by atoms with E-state index in [1.165, 1.54) is 63.4 Å². The first-order valence-corrected chi connectivity index (χ1v) is 14.0. The molecule has 4 aliphatic carbocycles. The van der Waals surface area contributed by atoms with Crippen LogP contribution in [-0.4, -0.2) is 11.2 Å². The molecule has 182 valence electrons. The van der Waals surface area contributed by atoms with Gasteiger partial charge in [0.05, 0.1) is 6.10 Å². The Morgan fingerprint density at radius 2 is 1.69 bits per heavy atom. The molecule has 0 spiro atoms. The first-order chi connectivity index (χ1) is 15.0. The molecule has 1 nitrogen and oxygen atoms in total. The van der Waals surface area contributed by atoms with Gasteiger partial charge in [0.15, 0.2) is 0 Å². The lowest BCUT2D eigenvalue weighted by atomic mass is 9.43. The van der Waals surface area contributed by atoms with Crippen LogP contribution in [0.1, 0.15) is 113 Å². The summed E-state index contributed by atoms with van der Waals surface area (Å²) in [5, 5.41) is 10.8. The quantitative estimate of drug-likeness (QED) is 0.410. The Kier molecular flexibility index (Phi) is 6.59. The fourth-order valence-electron chi connectivity index (χ4n) is 9.75. The minimum absolute atomic E-state index is 0.0433. The second-order valence-electron chi connectivity index (χ2n) is 13.7. The summed E-state index contributed by atoms with van der Waals surface area (Å²) in [6.45, 7) is 21.3. The number of aliphatic hydroxyl groups excluding tert-OH is 1. The maximum absolute atomic E-state index is 10.8. The highest BCUT2D eigenvalue weighted by Gasteiger charge is 2.61. The van der Waals surface area contributed by atoms with Crippen molar-refractivity contribution in [2.75, 3.05) is 0 Å². The van der Waals surface area contributed by atoms with Crippen molar-refractivity contribution in [3.05, 3.63) is 23.8 Å². The summed E-state index contributed by atoms with van der Waals surface area (Å²) in [5.41, 5.74) is 4.16. The van der Waals surface area contributed by atoms with Crippen molar-refractivity contribution in [2.24, 2.45) is 51.8 Å². The Hall–Kier alpha value is -0.560. The van der Waals surface area contributed by atoms with Gasteiger partial charge in [-0.05, 0) is 123 Å². The van der Waals surface area contributed by atoms with Crippen molar-refractivity contribution in [3.8, 4) is 0 Å². The van der Waals surface area contributed by atoms with E-state index in [-0.39, 0.29) is 11.5 Å². The molecule has 0 saturated heterocycles. The number of aliphatic hydroxyl groups is 1. The maximum atomic E-state index is 10.8. The number of rotatable bonds is 6. The summed E-state index contributed by atoms with van der Waals surface area (Å²) in [6, 6.07) is 0. The molecule has 0 bridgehead atoms. The molecule has 0 unspecified atom stereocenters. The van der Waals surface area contributed by atoms with E-state index in [0.29, 0.717) is 22.7 Å². The van der Waals surface area contributed by atoms with Crippen LogP contribution in [0.15, 0.2) is 23.8 Å². The third-order valence-corrected chi connectivity index (χ3v) is 11.9. The van der Waals surface area contributed by atoms with Gasteiger partial charge in [-0.1, -0.05) is 65.3 Å². The van der Waals surface area contributed by atoms with Crippen molar-refractivity contribution < 1.29 is 5.11 Å². The van der Waals surface area contributed by atoms with E-state index in [1.54, 1.807) is 0 Å². The average Bonchev–Trinajstić information content (AvgIpc) is 3.08. The molecular formula is C31H52O. The molecule has 4 aliphatic rings. The van der Waals surface area contributed by atoms with Crippen molar-refractivity contribution in [1.29, 1.82) is 0 Å². The van der Waals surface area contributed by atoms with Crippen LogP contribution in [0.25, 0.3) is 0 Å². The van der Waals surface area contributed by atoms with Gasteiger partial charge in [-0.25, -0.2) is 0 Å². The molecule has 1 heteroatoms. The highest BCUT2D eigenvalue weighted by atomic mass is 16.3. The molecule has 9 atom stereocenters. The lowest BCUT2D eigenvalue weighted by Crippen LogP contribution is -2.56. The second-order valence-corrected chi connectivity index (χ2v) is 13.7. The van der Waals surface area contributed by atoms with Gasteiger partial charge in [-0.2, -0.15) is 0 Å². The SMILES string of the molecule is C=C(C)[C@H](CC)CC[C@@H](C)[C@H]1CC[C@H]2C3=CC[C@H]4C(C)(C)[C@@H](O)CC[C@]4(C)[C@H]3CC[C@]12C. The number of hydrogen-bond acceptors (Lipinski definition) is 1. The molecule has 32 heavy (non-hydrogen) atoms. The van der Waals surface area contributed by atoms with E-state index >= 15 is 0 Å². The van der Waals surface area contributed by atoms with Gasteiger partial charge < -0.3 is 5.11 Å². The van der Waals surface area contributed by atoms with Crippen LogP contribution in [0.3, 0.4) is 0 Å². The topological polar surface area (TPSA) is 20.2 Å². The summed E-state index contributed by atoms with van der Waals surface area (Å²) >= 11 is 0. The summed E-state index contributed by atoms with van der Waals surface area (Å²) in [7, 11) is 0. The number of allylic oxidation sites excluding steroid dienone is 3. The Morgan fingerprint density at radius 3 is 2.34 bits per heavy atom. The van der Waals surface area contributed by atoms with Crippen LogP contribution in [0.2, 0.25) is 0 Å². The van der Waals surface area contributed by atoms with Gasteiger partial charge in [0.2, 0.25) is 0 Å². The summed E-state index contributed by atoms with van der Waals surface area (Å²) in [5.74, 6) is 4.61. The fourth-order valence-corrected chi connectivity index (χ4v) is 9.75. The van der Waals surface area contributed by atoms with E-state index in [4.69, 9.17) is 0 Å². The third-order valence-electron chi connectivity index (χ3n) is 11.9. The molecule has 0 aromatic carbocycles. The van der Waals surface area contributed by atoms with Crippen molar-refractivity contribution in [3.63, 3.8) is 0 Å². The lowest BCUT2D eigenvalue weighted by molar-refractivity contribution is -0.125. The van der Waals surface area contributed by atoms with E-state index in [2.05, 4.69) is 61.1 Å². The molecule has 1 N–H and O–H groups in total. The summed E-state index contributed by atoms with van der Waals surface area (Å²) < 4.78 is 0. The number of fused-ring (bicyclic) bond motifs is 5. The van der Waals surface area contributed by atoms with Gasteiger partial charge in [-0.3, -0.25) is 0 Å². The van der Waals surface area contributed by atoms with Gasteiger partial charge in [0, 0.05) is 0 Å². The molecular weight excluding hydrogens is 388 g/mol. The molecule has 0 aromatic heterocycles. The minimum Gasteiger partial charge on any atom is -0.393 e. The Morgan fingerprint density at radius 1 is 1.03 bits per heavy atom. The van der Waals surface area contributed by atoms with E-state index in [9.17, 15) is 5.11 Å². The van der Waals surface area contributed by atoms with E-state index < -0.39 is 0 Å². The monoisotopic (exact) mass is 440 g/mol. The average molecular weight is 441 g/mol. The first-order valence-electron chi connectivity index (χ1n) is 14.0. The fraction of sp³-hybridized carbons (Fsp3) is 0.871. The molecule has 0 heterocycles. The van der Waals surface area contributed by atoms with Crippen LogP contribution < -0.4 is 0 Å². The van der Waals surface area contributed by atoms with Gasteiger partial charge in [-0.15, -0.1) is 0 Å². The lowest BCUT2D eigenvalue weighted by Gasteiger charge is -2.62. The molecule has 3 saturated carbocycles. The molecule has 0 aromatic rings. The van der Waals surface area contributed by atoms with Crippen molar-refractivity contribution in [2.45, 2.75) is 119 Å². The Labute approximate surface area is 199 Å². The highest BCUT2D eigenvalue weighted by molar-refractivity contribution is 5.28. The first kappa shape index (κ1) is 24.6. The van der Waals surface area contributed by atoms with Crippen LogP contribution >= 0.6 is 0 Å². The zero-order chi connectivity index (χ0) is 23.5. The smallest absolute Gasteiger partial charge is 0.0594 e. The van der Waals surface area contributed by atoms with Crippen LogP contribution in [0, 0.1) is 51.8 Å². The Balaban J connectivity index is 1.53. The molecule has 0 amide bonds. The van der Waals surface area contributed by atoms with Crippen molar-refractivity contribution in [1.82, 2.24) is 0 Å². The molecule has 0 aliphatic heterocycles. The predicted octanol–water partition coefficient (Wildman–Crippen LogP) is 8.58. The van der Waals surface area contributed by atoms with Gasteiger partial charge in [0.1, 0.15) is 0 Å². The highest BCUT2D eigenvalue weighted by Crippen LogP contribution is 2.68. The van der Waals surface area contributed by atoms with Crippen LogP contribution in [-0.2, 0) is 0 Å². The maximum Gasteiger partial charge on any atom is 0.0594 e. The van der Waals surface area contributed by atoms with Gasteiger partial charge in [0.25, 0.3) is 0 Å². The van der Waals surface area contributed by atoms with E-state index in [1.807, 2.05) is 5.57 Å². The molecule has 3 fully saturated rings. The van der Waals surface area contributed by atoms with Crippen LogP contribution in [0.4, 0.5) is 0 Å². The Bertz CT molecular complexity index is 746. The van der Waals surface area contributed by atoms with Crippen LogP contribution in [0.5, 0.6) is 0 Å². The summed E-state index contributed by atoms with van der Waals surface area (Å²) in [4.78, 5) is 0. The van der Waals surface area contributed by atoms with Gasteiger partial charge >= 0.3 is 0 Å².